The monoisotopic (exact) mass is 225 g/mol. The molecule has 2 saturated heterocycles. The lowest BCUT2D eigenvalue weighted by atomic mass is 10.0. The summed E-state index contributed by atoms with van der Waals surface area (Å²) in [6, 6.07) is 0.752. The van der Waals surface area contributed by atoms with Gasteiger partial charge in [-0.25, -0.2) is 0 Å². The van der Waals surface area contributed by atoms with Gasteiger partial charge in [0.25, 0.3) is 0 Å². The van der Waals surface area contributed by atoms with E-state index in [2.05, 4.69) is 14.9 Å². The zero-order valence-corrected chi connectivity index (χ0v) is 9.94. The van der Waals surface area contributed by atoms with Gasteiger partial charge in [-0.3, -0.25) is 0 Å². The molecule has 2 rings (SSSR count). The molecule has 92 valence electrons. The lowest BCUT2D eigenvalue weighted by molar-refractivity contribution is 0.114. The predicted molar refractivity (Wildman–Crippen MR) is 65.8 cm³/mol. The Labute approximate surface area is 97.4 Å². The molecular weight excluding hydrogens is 202 g/mol. The van der Waals surface area contributed by atoms with Crippen molar-refractivity contribution in [3.63, 3.8) is 0 Å². The van der Waals surface area contributed by atoms with Gasteiger partial charge in [0, 0.05) is 19.1 Å². The highest BCUT2D eigenvalue weighted by Gasteiger charge is 2.25. The first-order chi connectivity index (χ1) is 7.81. The number of hydrogen-bond acceptors (Lipinski definition) is 3. The standard InChI is InChI=1S/C11H23N5/c12-11(14-13)16-8-4-10(5-9-16)15-6-2-1-3-7-15/h10H,1-9,13H2,(H2,12,14). The minimum atomic E-state index is 0.483. The first-order valence-corrected chi connectivity index (χ1v) is 6.33. The molecule has 0 spiro atoms. The molecule has 2 aliphatic rings. The molecular formula is C11H23N5. The van der Waals surface area contributed by atoms with Crippen molar-refractivity contribution in [1.82, 2.24) is 9.80 Å². The summed E-state index contributed by atoms with van der Waals surface area (Å²) in [6.45, 7) is 4.55. The van der Waals surface area contributed by atoms with Crippen LogP contribution in [0.3, 0.4) is 0 Å². The molecule has 2 fully saturated rings. The maximum Gasteiger partial charge on any atom is 0.213 e. The Morgan fingerprint density at radius 3 is 2.19 bits per heavy atom. The molecule has 4 N–H and O–H groups in total. The maximum absolute atomic E-state index is 5.71. The highest BCUT2D eigenvalue weighted by molar-refractivity contribution is 5.77. The van der Waals surface area contributed by atoms with Crippen LogP contribution in [-0.4, -0.2) is 48.0 Å². The van der Waals surface area contributed by atoms with Gasteiger partial charge in [0.2, 0.25) is 5.96 Å². The molecule has 5 nitrogen and oxygen atoms in total. The Bertz CT molecular complexity index is 239. The SMILES string of the molecule is NN=C(N)N1CCC(N2CCCCC2)CC1. The van der Waals surface area contributed by atoms with Crippen LogP contribution < -0.4 is 11.6 Å². The van der Waals surface area contributed by atoms with Crippen molar-refractivity contribution < 1.29 is 0 Å². The molecule has 0 radical (unpaired) electrons. The molecule has 5 heteroatoms. The highest BCUT2D eigenvalue weighted by atomic mass is 15.3. The summed E-state index contributed by atoms with van der Waals surface area (Å²) in [6.07, 6.45) is 6.52. The second-order valence-corrected chi connectivity index (χ2v) is 4.80. The van der Waals surface area contributed by atoms with Gasteiger partial charge < -0.3 is 21.4 Å². The second-order valence-electron chi connectivity index (χ2n) is 4.80. The van der Waals surface area contributed by atoms with E-state index in [0.717, 1.165) is 19.1 Å². The molecule has 0 saturated carbocycles. The number of rotatable bonds is 1. The van der Waals surface area contributed by atoms with Gasteiger partial charge in [0.05, 0.1) is 0 Å². The molecule has 0 bridgehead atoms. The van der Waals surface area contributed by atoms with Crippen LogP contribution in [0, 0.1) is 0 Å². The van der Waals surface area contributed by atoms with Gasteiger partial charge in [-0.05, 0) is 38.8 Å². The van der Waals surface area contributed by atoms with E-state index in [1.807, 2.05) is 0 Å². The maximum atomic E-state index is 5.71. The van der Waals surface area contributed by atoms with Crippen molar-refractivity contribution in [3.05, 3.63) is 0 Å². The molecule has 2 aliphatic heterocycles. The fourth-order valence-corrected chi connectivity index (χ4v) is 2.83. The van der Waals surface area contributed by atoms with Crippen molar-refractivity contribution in [1.29, 1.82) is 0 Å². The van der Waals surface area contributed by atoms with Crippen LogP contribution in [-0.2, 0) is 0 Å². The third-order valence-electron chi connectivity index (χ3n) is 3.83. The van der Waals surface area contributed by atoms with Crippen molar-refractivity contribution in [2.75, 3.05) is 26.2 Å². The van der Waals surface area contributed by atoms with E-state index in [1.54, 1.807) is 0 Å². The van der Waals surface area contributed by atoms with Crippen molar-refractivity contribution in [3.8, 4) is 0 Å². The fourth-order valence-electron chi connectivity index (χ4n) is 2.83. The second kappa shape index (κ2) is 5.39. The van der Waals surface area contributed by atoms with Gasteiger partial charge >= 0.3 is 0 Å². The number of likely N-dealkylation sites (tertiary alicyclic amines) is 2. The molecule has 0 amide bonds. The average Bonchev–Trinajstić information content (AvgIpc) is 2.39. The topological polar surface area (TPSA) is 70.9 Å². The molecule has 0 aliphatic carbocycles. The third-order valence-corrected chi connectivity index (χ3v) is 3.83. The predicted octanol–water partition coefficient (Wildman–Crippen LogP) is 0.125. The number of nitrogens with two attached hydrogens (primary N) is 2. The van der Waals surface area contributed by atoms with E-state index < -0.39 is 0 Å². The van der Waals surface area contributed by atoms with Crippen LogP contribution in [0.25, 0.3) is 0 Å². The van der Waals surface area contributed by atoms with E-state index in [9.17, 15) is 0 Å². The Hall–Kier alpha value is -0.970. The first kappa shape index (κ1) is 11.5. The lowest BCUT2D eigenvalue weighted by Gasteiger charge is -2.40. The fraction of sp³-hybridized carbons (Fsp3) is 0.909. The molecule has 16 heavy (non-hydrogen) atoms. The van der Waals surface area contributed by atoms with Crippen molar-refractivity contribution >= 4 is 5.96 Å². The van der Waals surface area contributed by atoms with Crippen LogP contribution in [0.5, 0.6) is 0 Å². The summed E-state index contributed by atoms with van der Waals surface area (Å²) < 4.78 is 0. The van der Waals surface area contributed by atoms with Crippen LogP contribution >= 0.6 is 0 Å². The summed E-state index contributed by atoms with van der Waals surface area (Å²) in [5.74, 6) is 5.67. The zero-order chi connectivity index (χ0) is 11.4. The number of nitrogens with zero attached hydrogens (tertiary/aromatic N) is 3. The number of hydrazone groups is 1. The number of guanidine groups is 1. The Morgan fingerprint density at radius 1 is 1.00 bits per heavy atom. The third kappa shape index (κ3) is 2.58. The number of piperidine rings is 2. The molecule has 0 aromatic rings. The van der Waals surface area contributed by atoms with E-state index >= 15 is 0 Å². The van der Waals surface area contributed by atoms with E-state index in [-0.39, 0.29) is 0 Å². The minimum absolute atomic E-state index is 0.483. The molecule has 0 atom stereocenters. The summed E-state index contributed by atoms with van der Waals surface area (Å²) in [7, 11) is 0. The van der Waals surface area contributed by atoms with E-state index in [0.29, 0.717) is 5.96 Å². The first-order valence-electron chi connectivity index (χ1n) is 6.33. The van der Waals surface area contributed by atoms with E-state index in [4.69, 9.17) is 11.6 Å². The molecule has 0 aromatic heterocycles. The molecule has 0 unspecified atom stereocenters. The largest absolute Gasteiger partial charge is 0.368 e. The molecule has 2 heterocycles. The van der Waals surface area contributed by atoms with Crippen LogP contribution in [0.2, 0.25) is 0 Å². The summed E-state index contributed by atoms with van der Waals surface area (Å²) in [5, 5.41) is 3.56. The average molecular weight is 225 g/mol. The summed E-state index contributed by atoms with van der Waals surface area (Å²) >= 11 is 0. The zero-order valence-electron chi connectivity index (χ0n) is 9.94. The normalized spacial score (nSPS) is 26.0. The quantitative estimate of drug-likeness (QED) is 0.288. The Kier molecular flexibility index (Phi) is 3.88. The van der Waals surface area contributed by atoms with Crippen LogP contribution in [0.4, 0.5) is 0 Å². The van der Waals surface area contributed by atoms with Gasteiger partial charge in [0.1, 0.15) is 0 Å². The Balaban J connectivity index is 1.80. The van der Waals surface area contributed by atoms with Crippen LogP contribution in [0.15, 0.2) is 5.10 Å². The minimum Gasteiger partial charge on any atom is -0.368 e. The van der Waals surface area contributed by atoms with Gasteiger partial charge in [-0.2, -0.15) is 0 Å². The highest BCUT2D eigenvalue weighted by Crippen LogP contribution is 2.20. The smallest absolute Gasteiger partial charge is 0.213 e. The number of hydrogen-bond donors (Lipinski definition) is 2. The summed E-state index contributed by atoms with van der Waals surface area (Å²) in [5.41, 5.74) is 5.71. The molecule has 0 aromatic carbocycles. The van der Waals surface area contributed by atoms with Gasteiger partial charge in [-0.15, -0.1) is 5.10 Å². The lowest BCUT2D eigenvalue weighted by Crippen LogP contribution is -2.50. The van der Waals surface area contributed by atoms with Gasteiger partial charge in [0.15, 0.2) is 0 Å². The summed E-state index contributed by atoms with van der Waals surface area (Å²) in [4.78, 5) is 4.73. The van der Waals surface area contributed by atoms with Crippen molar-refractivity contribution in [2.45, 2.75) is 38.1 Å². The van der Waals surface area contributed by atoms with Crippen LogP contribution in [0.1, 0.15) is 32.1 Å². The Morgan fingerprint density at radius 2 is 1.62 bits per heavy atom. The van der Waals surface area contributed by atoms with Gasteiger partial charge in [-0.1, -0.05) is 6.42 Å². The van der Waals surface area contributed by atoms with Crippen molar-refractivity contribution in [2.24, 2.45) is 16.7 Å². The van der Waals surface area contributed by atoms with E-state index in [1.165, 1.54) is 45.2 Å².